The smallest absolute Gasteiger partial charge is 0.341 e. The van der Waals surface area contributed by atoms with Gasteiger partial charge in [0.05, 0.1) is 42.5 Å². The first-order valence-electron chi connectivity index (χ1n) is 17.5. The molecular formula is C36H46FN5O8S. The van der Waals surface area contributed by atoms with Gasteiger partial charge in [0.1, 0.15) is 5.58 Å². The van der Waals surface area contributed by atoms with Crippen molar-refractivity contribution < 1.29 is 36.3 Å². The SMILES string of the molecule is CCOc1c(C(=O)NS(=O)(=O)N2CCCCC2)ccc(C(=O)N2CCc3c(c(=O)oc4c(C)c(N5CCN(C)[C@@H](COC)C5)cc(C)c34)C2)c1F. The number of hydrogen-bond acceptors (Lipinski definition) is 10. The number of amides is 2. The Kier molecular flexibility index (Phi) is 10.7. The highest BCUT2D eigenvalue weighted by Gasteiger charge is 2.34. The minimum absolute atomic E-state index is 0.0397. The van der Waals surface area contributed by atoms with E-state index in [1.54, 1.807) is 14.0 Å². The van der Waals surface area contributed by atoms with E-state index < -0.39 is 39.2 Å². The maximum absolute atomic E-state index is 16.0. The highest BCUT2D eigenvalue weighted by atomic mass is 32.2. The molecule has 1 N–H and O–H groups in total. The number of piperazine rings is 1. The Labute approximate surface area is 297 Å². The van der Waals surface area contributed by atoms with E-state index in [4.69, 9.17) is 13.9 Å². The van der Waals surface area contributed by atoms with E-state index >= 15 is 4.39 Å². The Bertz CT molecular complexity index is 2010. The molecule has 51 heavy (non-hydrogen) atoms. The molecule has 3 aliphatic rings. The Morgan fingerprint density at radius 1 is 1.04 bits per heavy atom. The average molecular weight is 728 g/mol. The number of likely N-dealkylation sites (N-methyl/N-ethyl adjacent to an activating group) is 1. The zero-order valence-electron chi connectivity index (χ0n) is 29.8. The maximum Gasteiger partial charge on any atom is 0.341 e. The summed E-state index contributed by atoms with van der Waals surface area (Å²) in [4.78, 5) is 46.4. The molecule has 2 amide bonds. The number of rotatable bonds is 9. The fourth-order valence-corrected chi connectivity index (χ4v) is 8.70. The molecule has 0 unspecified atom stereocenters. The minimum Gasteiger partial charge on any atom is -0.490 e. The Morgan fingerprint density at radius 3 is 2.47 bits per heavy atom. The Balaban J connectivity index is 1.26. The van der Waals surface area contributed by atoms with Gasteiger partial charge in [-0.1, -0.05) is 6.42 Å². The third-order valence-corrected chi connectivity index (χ3v) is 11.8. The van der Waals surface area contributed by atoms with Gasteiger partial charge in [0.15, 0.2) is 11.6 Å². The van der Waals surface area contributed by atoms with Crippen LogP contribution in [0, 0.1) is 19.7 Å². The lowest BCUT2D eigenvalue weighted by molar-refractivity contribution is 0.0726. The first-order chi connectivity index (χ1) is 24.4. The topological polar surface area (TPSA) is 142 Å². The predicted molar refractivity (Wildman–Crippen MR) is 190 cm³/mol. The molecule has 3 aromatic rings. The van der Waals surface area contributed by atoms with Gasteiger partial charge in [0.25, 0.3) is 11.8 Å². The van der Waals surface area contributed by atoms with Gasteiger partial charge in [-0.25, -0.2) is 13.9 Å². The number of benzene rings is 2. The summed E-state index contributed by atoms with van der Waals surface area (Å²) in [7, 11) is -0.368. The molecule has 4 heterocycles. The van der Waals surface area contributed by atoms with Crippen LogP contribution >= 0.6 is 0 Å². The van der Waals surface area contributed by atoms with E-state index in [1.165, 1.54) is 15.3 Å². The molecule has 1 atom stereocenters. The van der Waals surface area contributed by atoms with Crippen molar-refractivity contribution in [2.45, 2.75) is 59.0 Å². The van der Waals surface area contributed by atoms with Gasteiger partial charge < -0.3 is 23.7 Å². The summed E-state index contributed by atoms with van der Waals surface area (Å²) in [5.74, 6) is -3.37. The molecular weight excluding hydrogens is 681 g/mol. The summed E-state index contributed by atoms with van der Waals surface area (Å²) in [6.07, 6.45) is 2.60. The lowest BCUT2D eigenvalue weighted by Gasteiger charge is -2.41. The largest absolute Gasteiger partial charge is 0.490 e. The molecule has 0 aliphatic carbocycles. The highest BCUT2D eigenvalue weighted by Crippen LogP contribution is 2.36. The number of carbonyl (C=O) groups is 2. The molecule has 0 bridgehead atoms. The second kappa shape index (κ2) is 14.9. The summed E-state index contributed by atoms with van der Waals surface area (Å²) < 4.78 is 61.8. The zero-order chi connectivity index (χ0) is 36.6. The van der Waals surface area contributed by atoms with Crippen molar-refractivity contribution in [1.82, 2.24) is 18.8 Å². The number of carbonyl (C=O) groups excluding carboxylic acids is 2. The van der Waals surface area contributed by atoms with E-state index in [0.717, 1.165) is 59.9 Å². The van der Waals surface area contributed by atoms with Gasteiger partial charge >= 0.3 is 15.8 Å². The Morgan fingerprint density at radius 2 is 1.76 bits per heavy atom. The van der Waals surface area contributed by atoms with Crippen LogP contribution in [0.5, 0.6) is 5.75 Å². The molecule has 2 aromatic carbocycles. The van der Waals surface area contributed by atoms with E-state index in [0.29, 0.717) is 37.0 Å². The fraction of sp³-hybridized carbons (Fsp3) is 0.528. The van der Waals surface area contributed by atoms with Crippen molar-refractivity contribution in [2.75, 3.05) is 71.5 Å². The van der Waals surface area contributed by atoms with E-state index in [9.17, 15) is 22.8 Å². The average Bonchev–Trinajstić information content (AvgIpc) is 3.11. The number of halogens is 1. The first kappa shape index (κ1) is 36.7. The van der Waals surface area contributed by atoms with Crippen LogP contribution in [0.25, 0.3) is 11.0 Å². The molecule has 0 radical (unpaired) electrons. The molecule has 2 saturated heterocycles. The van der Waals surface area contributed by atoms with Crippen LogP contribution < -0.4 is 20.0 Å². The molecule has 13 nitrogen and oxygen atoms in total. The van der Waals surface area contributed by atoms with Crippen molar-refractivity contribution in [2.24, 2.45) is 0 Å². The van der Waals surface area contributed by atoms with Crippen molar-refractivity contribution in [3.05, 3.63) is 67.8 Å². The minimum atomic E-state index is -4.15. The van der Waals surface area contributed by atoms with Gasteiger partial charge in [0, 0.05) is 63.0 Å². The third-order valence-electron chi connectivity index (χ3n) is 10.3. The van der Waals surface area contributed by atoms with Gasteiger partial charge in [0.2, 0.25) is 0 Å². The summed E-state index contributed by atoms with van der Waals surface area (Å²) in [5.41, 5.74) is 3.24. The van der Waals surface area contributed by atoms with Gasteiger partial charge in [-0.05, 0) is 76.4 Å². The molecule has 6 rings (SSSR count). The number of aryl methyl sites for hydroxylation is 2. The molecule has 15 heteroatoms. The van der Waals surface area contributed by atoms with Crippen LogP contribution in [0.2, 0.25) is 0 Å². The van der Waals surface area contributed by atoms with E-state index in [2.05, 4.69) is 22.9 Å². The normalized spacial score (nSPS) is 18.9. The monoisotopic (exact) mass is 727 g/mol. The maximum atomic E-state index is 16.0. The number of nitrogens with zero attached hydrogens (tertiary/aromatic N) is 4. The quantitative estimate of drug-likeness (QED) is 0.326. The van der Waals surface area contributed by atoms with Gasteiger partial charge in [-0.3, -0.25) is 14.5 Å². The van der Waals surface area contributed by atoms with Crippen LogP contribution in [-0.4, -0.2) is 107 Å². The highest BCUT2D eigenvalue weighted by molar-refractivity contribution is 7.87. The standard InChI is InChI=1S/C36H46FN5O8S/c1-6-49-33-27(34(43)38-51(46,47)42-13-8-7-9-14-42)11-10-26(31(33)37)35(44)41-15-12-25-28(20-41)36(45)50-32-23(3)29(18-22(2)30(25)32)40-17-16-39(4)24(19-40)21-48-5/h10-11,18,24H,6-9,12-17,19-21H2,1-5H3,(H,38,43)/t24-/m1/s1. The van der Waals surface area contributed by atoms with E-state index in [1.807, 2.05) is 18.6 Å². The van der Waals surface area contributed by atoms with Crippen LogP contribution in [0.1, 0.15) is 69.2 Å². The van der Waals surface area contributed by atoms with Crippen LogP contribution in [0.3, 0.4) is 0 Å². The summed E-state index contributed by atoms with van der Waals surface area (Å²) in [6.45, 7) is 9.24. The number of hydrogen-bond donors (Lipinski definition) is 1. The number of fused-ring (bicyclic) bond motifs is 3. The van der Waals surface area contributed by atoms with E-state index in [-0.39, 0.29) is 50.0 Å². The number of nitrogens with one attached hydrogen (secondary N) is 1. The van der Waals surface area contributed by atoms with Crippen LogP contribution in [0.4, 0.5) is 10.1 Å². The Hall–Kier alpha value is -4.05. The van der Waals surface area contributed by atoms with Crippen molar-refractivity contribution in [1.29, 1.82) is 0 Å². The second-order valence-electron chi connectivity index (χ2n) is 13.5. The number of methoxy groups -OCH3 is 1. The molecule has 0 saturated carbocycles. The fourth-order valence-electron chi connectivity index (χ4n) is 7.49. The number of piperidine rings is 1. The van der Waals surface area contributed by atoms with Crippen molar-refractivity contribution in [3.63, 3.8) is 0 Å². The first-order valence-corrected chi connectivity index (χ1v) is 18.9. The zero-order valence-corrected chi connectivity index (χ0v) is 30.7. The van der Waals surface area contributed by atoms with Gasteiger partial charge in [-0.2, -0.15) is 12.7 Å². The predicted octanol–water partition coefficient (Wildman–Crippen LogP) is 3.37. The van der Waals surface area contributed by atoms with Gasteiger partial charge in [-0.15, -0.1) is 0 Å². The molecule has 1 aromatic heterocycles. The summed E-state index contributed by atoms with van der Waals surface area (Å²) in [6, 6.07) is 4.68. The lowest BCUT2D eigenvalue weighted by Crippen LogP contribution is -2.53. The molecule has 276 valence electrons. The molecule has 2 fully saturated rings. The summed E-state index contributed by atoms with van der Waals surface area (Å²) >= 11 is 0. The third kappa shape index (κ3) is 7.08. The second-order valence-corrected chi connectivity index (χ2v) is 15.2. The summed E-state index contributed by atoms with van der Waals surface area (Å²) in [5, 5.41) is 0.847. The van der Waals surface area contributed by atoms with Crippen LogP contribution in [0.15, 0.2) is 27.4 Å². The molecule has 0 spiro atoms. The number of ether oxygens (including phenoxy) is 2. The number of anilines is 1. The van der Waals surface area contributed by atoms with Crippen molar-refractivity contribution >= 4 is 38.7 Å². The lowest BCUT2D eigenvalue weighted by atomic mass is 9.92. The molecule has 3 aliphatic heterocycles. The van der Waals surface area contributed by atoms with Crippen LogP contribution in [-0.2, 0) is 27.9 Å². The van der Waals surface area contributed by atoms with Crippen molar-refractivity contribution in [3.8, 4) is 5.75 Å².